The number of nitrogens with one attached hydrogen (secondary N) is 1. The monoisotopic (exact) mass is 365 g/mol. The maximum Gasteiger partial charge on any atom is 0.255 e. The highest BCUT2D eigenvalue weighted by molar-refractivity contribution is 14.1. The van der Waals surface area contributed by atoms with Gasteiger partial charge in [-0.15, -0.1) is 0 Å². The first-order chi connectivity index (χ1) is 9.19. The highest BCUT2D eigenvalue weighted by Crippen LogP contribution is 2.13. The molecule has 0 atom stereocenters. The first-order valence-electron chi connectivity index (χ1n) is 6.35. The summed E-state index contributed by atoms with van der Waals surface area (Å²) in [5.41, 5.74) is 2.82. The topological polar surface area (TPSA) is 29.1 Å². The van der Waals surface area contributed by atoms with Crippen LogP contribution in [-0.2, 0) is 6.42 Å². The van der Waals surface area contributed by atoms with Crippen molar-refractivity contribution in [1.29, 1.82) is 0 Å². The van der Waals surface area contributed by atoms with Crippen LogP contribution >= 0.6 is 22.6 Å². The van der Waals surface area contributed by atoms with Crippen LogP contribution in [0.3, 0.4) is 0 Å². The largest absolute Gasteiger partial charge is 0.322 e. The zero-order valence-corrected chi connectivity index (χ0v) is 13.0. The number of aryl methyl sites for hydroxylation is 1. The van der Waals surface area contributed by atoms with Crippen LogP contribution in [-0.4, -0.2) is 5.91 Å². The molecule has 1 N–H and O–H groups in total. The lowest BCUT2D eigenvalue weighted by molar-refractivity contribution is 0.102. The molecule has 0 unspecified atom stereocenters. The van der Waals surface area contributed by atoms with Crippen molar-refractivity contribution in [3.05, 3.63) is 63.2 Å². The molecule has 0 heterocycles. The van der Waals surface area contributed by atoms with E-state index in [1.165, 1.54) is 5.56 Å². The van der Waals surface area contributed by atoms with Gasteiger partial charge < -0.3 is 5.32 Å². The summed E-state index contributed by atoms with van der Waals surface area (Å²) in [6, 6.07) is 15.6. The lowest BCUT2D eigenvalue weighted by atomic mass is 10.1. The molecule has 0 aliphatic rings. The van der Waals surface area contributed by atoms with Crippen molar-refractivity contribution in [2.75, 3.05) is 5.32 Å². The lowest BCUT2D eigenvalue weighted by Gasteiger charge is -2.06. The van der Waals surface area contributed by atoms with E-state index in [9.17, 15) is 4.79 Å². The van der Waals surface area contributed by atoms with Crippen LogP contribution in [0.1, 0.15) is 29.3 Å². The van der Waals surface area contributed by atoms with E-state index < -0.39 is 0 Å². The summed E-state index contributed by atoms with van der Waals surface area (Å²) in [5.74, 6) is -0.0698. The summed E-state index contributed by atoms with van der Waals surface area (Å²) >= 11 is 2.22. The molecule has 1 amide bonds. The van der Waals surface area contributed by atoms with Gasteiger partial charge in [-0.25, -0.2) is 0 Å². The molecule has 0 aliphatic heterocycles. The van der Waals surface area contributed by atoms with Gasteiger partial charge in [-0.1, -0.05) is 25.5 Å². The summed E-state index contributed by atoms with van der Waals surface area (Å²) in [6.07, 6.45) is 2.21. The number of rotatable bonds is 4. The van der Waals surface area contributed by atoms with Gasteiger partial charge in [0, 0.05) is 14.8 Å². The molecule has 0 aromatic heterocycles. The standard InChI is InChI=1S/C16H16INO/c1-2-3-12-4-10-15(11-5-12)18-16(19)13-6-8-14(17)9-7-13/h4-11H,2-3H2,1H3,(H,18,19). The van der Waals surface area contributed by atoms with Crippen LogP contribution in [0.5, 0.6) is 0 Å². The van der Waals surface area contributed by atoms with Crippen LogP contribution < -0.4 is 5.32 Å². The van der Waals surface area contributed by atoms with Gasteiger partial charge in [0.05, 0.1) is 0 Å². The van der Waals surface area contributed by atoms with Crippen LogP contribution in [0.25, 0.3) is 0 Å². The number of carbonyl (C=O) groups is 1. The van der Waals surface area contributed by atoms with Crippen LogP contribution in [0.2, 0.25) is 0 Å². The molecule has 0 spiro atoms. The minimum absolute atomic E-state index is 0.0698. The summed E-state index contributed by atoms with van der Waals surface area (Å²) < 4.78 is 1.12. The van der Waals surface area contributed by atoms with E-state index in [4.69, 9.17) is 0 Å². The van der Waals surface area contributed by atoms with E-state index in [0.29, 0.717) is 5.56 Å². The average Bonchev–Trinajstić information content (AvgIpc) is 2.42. The third kappa shape index (κ3) is 4.06. The molecule has 0 fully saturated rings. The maximum absolute atomic E-state index is 12.0. The first kappa shape index (κ1) is 14.1. The minimum Gasteiger partial charge on any atom is -0.322 e. The SMILES string of the molecule is CCCc1ccc(NC(=O)c2ccc(I)cc2)cc1. The Bertz CT molecular complexity index is 546. The Balaban J connectivity index is 2.04. The number of hydrogen-bond acceptors (Lipinski definition) is 1. The van der Waals surface area contributed by atoms with Crippen molar-refractivity contribution in [3.8, 4) is 0 Å². The Hall–Kier alpha value is -1.36. The summed E-state index contributed by atoms with van der Waals surface area (Å²) in [6.45, 7) is 2.16. The van der Waals surface area contributed by atoms with Gasteiger partial charge in [-0.05, 0) is 71.0 Å². The Labute approximate surface area is 127 Å². The molecule has 2 rings (SSSR count). The fourth-order valence-electron chi connectivity index (χ4n) is 1.85. The average molecular weight is 365 g/mol. The molecular weight excluding hydrogens is 349 g/mol. The van der Waals surface area contributed by atoms with Gasteiger partial charge in [0.1, 0.15) is 0 Å². The second-order valence-corrected chi connectivity index (χ2v) is 5.65. The molecule has 98 valence electrons. The Morgan fingerprint density at radius 3 is 2.26 bits per heavy atom. The van der Waals surface area contributed by atoms with Gasteiger partial charge in [0.2, 0.25) is 0 Å². The predicted molar refractivity (Wildman–Crippen MR) is 87.5 cm³/mol. The zero-order chi connectivity index (χ0) is 13.7. The van der Waals surface area contributed by atoms with E-state index >= 15 is 0 Å². The second-order valence-electron chi connectivity index (χ2n) is 4.41. The molecular formula is C16H16INO. The predicted octanol–water partition coefficient (Wildman–Crippen LogP) is 4.50. The van der Waals surface area contributed by atoms with Crippen LogP contribution in [0.15, 0.2) is 48.5 Å². The highest BCUT2D eigenvalue weighted by Gasteiger charge is 2.05. The van der Waals surface area contributed by atoms with E-state index in [0.717, 1.165) is 22.1 Å². The van der Waals surface area contributed by atoms with E-state index in [-0.39, 0.29) is 5.91 Å². The van der Waals surface area contributed by atoms with Gasteiger partial charge in [0.15, 0.2) is 0 Å². The summed E-state index contributed by atoms with van der Waals surface area (Å²) in [4.78, 5) is 12.0. The second kappa shape index (κ2) is 6.70. The third-order valence-corrected chi connectivity index (χ3v) is 3.58. The van der Waals surface area contributed by atoms with Gasteiger partial charge >= 0.3 is 0 Å². The van der Waals surface area contributed by atoms with E-state index in [2.05, 4.69) is 47.0 Å². The van der Waals surface area contributed by atoms with E-state index in [1.54, 1.807) is 0 Å². The van der Waals surface area contributed by atoms with Crippen LogP contribution in [0.4, 0.5) is 5.69 Å². The molecule has 0 saturated heterocycles. The molecule has 0 radical (unpaired) electrons. The molecule has 2 aromatic rings. The lowest BCUT2D eigenvalue weighted by Crippen LogP contribution is -2.11. The molecule has 19 heavy (non-hydrogen) atoms. The van der Waals surface area contributed by atoms with Crippen molar-refractivity contribution in [2.45, 2.75) is 19.8 Å². The fourth-order valence-corrected chi connectivity index (χ4v) is 2.21. The van der Waals surface area contributed by atoms with Crippen molar-refractivity contribution in [1.82, 2.24) is 0 Å². The van der Waals surface area contributed by atoms with Crippen molar-refractivity contribution < 1.29 is 4.79 Å². The maximum atomic E-state index is 12.0. The van der Waals surface area contributed by atoms with Gasteiger partial charge in [-0.2, -0.15) is 0 Å². The smallest absolute Gasteiger partial charge is 0.255 e. The number of carbonyl (C=O) groups excluding carboxylic acids is 1. The zero-order valence-electron chi connectivity index (χ0n) is 10.8. The highest BCUT2D eigenvalue weighted by atomic mass is 127. The van der Waals surface area contributed by atoms with Gasteiger partial charge in [-0.3, -0.25) is 4.79 Å². The molecule has 0 saturated carbocycles. The molecule has 2 aromatic carbocycles. The Morgan fingerprint density at radius 2 is 1.68 bits per heavy atom. The van der Waals surface area contributed by atoms with Crippen molar-refractivity contribution >= 4 is 34.2 Å². The minimum atomic E-state index is -0.0698. The van der Waals surface area contributed by atoms with Crippen molar-refractivity contribution in [3.63, 3.8) is 0 Å². The number of amides is 1. The third-order valence-electron chi connectivity index (χ3n) is 2.86. The Morgan fingerprint density at radius 1 is 1.05 bits per heavy atom. The number of anilines is 1. The van der Waals surface area contributed by atoms with Gasteiger partial charge in [0.25, 0.3) is 5.91 Å². The normalized spacial score (nSPS) is 10.2. The van der Waals surface area contributed by atoms with Crippen LogP contribution in [0, 0.1) is 3.57 Å². The molecule has 2 nitrogen and oxygen atoms in total. The molecule has 3 heteroatoms. The summed E-state index contributed by atoms with van der Waals surface area (Å²) in [5, 5.41) is 2.91. The molecule has 0 aliphatic carbocycles. The summed E-state index contributed by atoms with van der Waals surface area (Å²) in [7, 11) is 0. The number of hydrogen-bond donors (Lipinski definition) is 1. The molecule has 0 bridgehead atoms. The first-order valence-corrected chi connectivity index (χ1v) is 7.43. The number of benzene rings is 2. The quantitative estimate of drug-likeness (QED) is 0.795. The fraction of sp³-hybridized carbons (Fsp3) is 0.188. The Kier molecular flexibility index (Phi) is 4.96. The van der Waals surface area contributed by atoms with Crippen molar-refractivity contribution in [2.24, 2.45) is 0 Å². The van der Waals surface area contributed by atoms with E-state index in [1.807, 2.05) is 36.4 Å². The number of halogens is 1.